The summed E-state index contributed by atoms with van der Waals surface area (Å²) in [4.78, 5) is 5.72. The molecule has 2 N–H and O–H groups in total. The van der Waals surface area contributed by atoms with Gasteiger partial charge < -0.3 is 4.98 Å². The molecule has 5 nitrogen and oxygen atoms in total. The van der Waals surface area contributed by atoms with Gasteiger partial charge in [-0.1, -0.05) is 37.3 Å². The quantitative estimate of drug-likeness (QED) is 0.552. The third kappa shape index (κ3) is 3.19. The number of sulfonamides is 1. The fourth-order valence-corrected chi connectivity index (χ4v) is 3.37. The number of nitrogens with one attached hydrogen (secondary N) is 2. The Morgan fingerprint density at radius 1 is 1.12 bits per heavy atom. The van der Waals surface area contributed by atoms with Gasteiger partial charge in [0.2, 0.25) is 0 Å². The first-order chi connectivity index (χ1) is 11.5. The van der Waals surface area contributed by atoms with Gasteiger partial charge in [-0.15, -0.1) is 0 Å². The molecule has 0 atom stereocenters. The topological polar surface area (TPSA) is 74.3 Å². The number of rotatable bonds is 5. The van der Waals surface area contributed by atoms with E-state index in [1.165, 1.54) is 6.21 Å². The van der Waals surface area contributed by atoms with Gasteiger partial charge in [-0.2, -0.15) is 13.5 Å². The fourth-order valence-electron chi connectivity index (χ4n) is 2.58. The van der Waals surface area contributed by atoms with Crippen LogP contribution >= 0.6 is 0 Å². The predicted molar refractivity (Wildman–Crippen MR) is 96.8 cm³/mol. The lowest BCUT2D eigenvalue weighted by molar-refractivity contribution is 0.584. The van der Waals surface area contributed by atoms with Crippen molar-refractivity contribution in [2.75, 3.05) is 0 Å². The monoisotopic (exact) mass is 341 g/mol. The molecule has 2 aromatic carbocycles. The van der Waals surface area contributed by atoms with Crippen molar-refractivity contribution in [3.8, 4) is 0 Å². The standard InChI is InChI=1S/C18H19N3O2S/c1-3-14-8-10-15(11-9-14)24(22,23)21-19-12-17-13(2)20-18-7-5-4-6-16(17)18/h4-12,20-21H,3H2,1-2H3/b19-12+. The van der Waals surface area contributed by atoms with Crippen LogP contribution in [0.3, 0.4) is 0 Å². The summed E-state index contributed by atoms with van der Waals surface area (Å²) in [5, 5.41) is 4.94. The van der Waals surface area contributed by atoms with Crippen molar-refractivity contribution in [2.45, 2.75) is 25.2 Å². The molecular formula is C18H19N3O2S. The molecule has 0 radical (unpaired) electrons. The van der Waals surface area contributed by atoms with Gasteiger partial charge in [0.25, 0.3) is 10.0 Å². The first-order valence-corrected chi connectivity index (χ1v) is 9.20. The van der Waals surface area contributed by atoms with Crippen LogP contribution in [0.5, 0.6) is 0 Å². The molecule has 0 fully saturated rings. The Hall–Kier alpha value is -2.60. The van der Waals surface area contributed by atoms with Crippen LogP contribution in [0.1, 0.15) is 23.7 Å². The number of para-hydroxylation sites is 1. The average molecular weight is 341 g/mol. The number of aromatic nitrogens is 1. The van der Waals surface area contributed by atoms with Crippen LogP contribution in [-0.2, 0) is 16.4 Å². The van der Waals surface area contributed by atoms with Crippen molar-refractivity contribution in [3.05, 3.63) is 65.4 Å². The van der Waals surface area contributed by atoms with Crippen molar-refractivity contribution >= 4 is 27.1 Å². The van der Waals surface area contributed by atoms with E-state index in [0.29, 0.717) is 0 Å². The molecule has 0 spiro atoms. The molecule has 0 saturated heterocycles. The molecule has 1 aromatic heterocycles. The number of fused-ring (bicyclic) bond motifs is 1. The van der Waals surface area contributed by atoms with Gasteiger partial charge in [-0.05, 0) is 37.1 Å². The van der Waals surface area contributed by atoms with Crippen LogP contribution < -0.4 is 4.83 Å². The van der Waals surface area contributed by atoms with E-state index in [-0.39, 0.29) is 4.90 Å². The Morgan fingerprint density at radius 3 is 2.54 bits per heavy atom. The average Bonchev–Trinajstić information content (AvgIpc) is 2.90. The van der Waals surface area contributed by atoms with E-state index in [4.69, 9.17) is 0 Å². The molecule has 0 unspecified atom stereocenters. The summed E-state index contributed by atoms with van der Waals surface area (Å²) in [5.41, 5.74) is 3.89. The van der Waals surface area contributed by atoms with Crippen molar-refractivity contribution in [2.24, 2.45) is 5.10 Å². The second-order valence-corrected chi connectivity index (χ2v) is 7.22. The lowest BCUT2D eigenvalue weighted by Gasteiger charge is -2.04. The van der Waals surface area contributed by atoms with Gasteiger partial charge in [-0.25, -0.2) is 4.83 Å². The highest BCUT2D eigenvalue weighted by Crippen LogP contribution is 2.20. The number of nitrogens with zero attached hydrogens (tertiary/aromatic N) is 1. The van der Waals surface area contributed by atoms with E-state index < -0.39 is 10.0 Å². The zero-order valence-electron chi connectivity index (χ0n) is 13.6. The number of aryl methyl sites for hydroxylation is 2. The maximum Gasteiger partial charge on any atom is 0.276 e. The Labute approximate surface area is 141 Å². The Balaban J connectivity index is 1.82. The highest BCUT2D eigenvalue weighted by molar-refractivity contribution is 7.89. The van der Waals surface area contributed by atoms with Crippen molar-refractivity contribution in [3.63, 3.8) is 0 Å². The molecular weight excluding hydrogens is 322 g/mol. The fraction of sp³-hybridized carbons (Fsp3) is 0.167. The number of hydrogen-bond donors (Lipinski definition) is 2. The largest absolute Gasteiger partial charge is 0.358 e. The lowest BCUT2D eigenvalue weighted by atomic mass is 10.1. The molecule has 124 valence electrons. The van der Waals surface area contributed by atoms with Gasteiger partial charge in [-0.3, -0.25) is 0 Å². The first kappa shape index (κ1) is 16.3. The molecule has 3 aromatic rings. The second kappa shape index (κ2) is 6.49. The molecule has 6 heteroatoms. The SMILES string of the molecule is CCc1ccc(S(=O)(=O)N/N=C/c2c(C)[nH]c3ccccc23)cc1. The highest BCUT2D eigenvalue weighted by atomic mass is 32.2. The molecule has 0 bridgehead atoms. The third-order valence-corrected chi connectivity index (χ3v) is 5.19. The van der Waals surface area contributed by atoms with Crippen LogP contribution in [-0.4, -0.2) is 19.6 Å². The van der Waals surface area contributed by atoms with Crippen molar-refractivity contribution in [1.82, 2.24) is 9.82 Å². The number of aromatic amines is 1. The third-order valence-electron chi connectivity index (χ3n) is 3.95. The Kier molecular flexibility index (Phi) is 4.40. The zero-order valence-corrected chi connectivity index (χ0v) is 14.4. The Morgan fingerprint density at radius 2 is 1.83 bits per heavy atom. The summed E-state index contributed by atoms with van der Waals surface area (Å²) in [6.07, 6.45) is 2.40. The molecule has 0 amide bonds. The predicted octanol–water partition coefficient (Wildman–Crippen LogP) is 3.35. The lowest BCUT2D eigenvalue weighted by Crippen LogP contribution is -2.18. The molecule has 0 aliphatic carbocycles. The van der Waals surface area contributed by atoms with Gasteiger partial charge in [0.15, 0.2) is 0 Å². The molecule has 1 heterocycles. The van der Waals surface area contributed by atoms with Gasteiger partial charge in [0.1, 0.15) is 0 Å². The summed E-state index contributed by atoms with van der Waals surface area (Å²) in [6.45, 7) is 3.95. The Bertz CT molecular complexity index is 987. The summed E-state index contributed by atoms with van der Waals surface area (Å²) in [6, 6.07) is 14.6. The number of hydrogen-bond acceptors (Lipinski definition) is 3. The first-order valence-electron chi connectivity index (χ1n) is 7.72. The molecule has 3 rings (SSSR count). The molecule has 0 saturated carbocycles. The van der Waals surface area contributed by atoms with Crippen LogP contribution in [0.2, 0.25) is 0 Å². The molecule has 24 heavy (non-hydrogen) atoms. The van der Waals surface area contributed by atoms with Gasteiger partial charge >= 0.3 is 0 Å². The van der Waals surface area contributed by atoms with Crippen molar-refractivity contribution in [1.29, 1.82) is 0 Å². The number of hydrazone groups is 1. The van der Waals surface area contributed by atoms with Gasteiger partial charge in [0, 0.05) is 22.2 Å². The summed E-state index contributed by atoms with van der Waals surface area (Å²) in [5.74, 6) is 0. The van der Waals surface area contributed by atoms with Crippen LogP contribution in [0.25, 0.3) is 10.9 Å². The smallest absolute Gasteiger partial charge is 0.276 e. The second-order valence-electron chi connectivity index (χ2n) is 5.56. The van der Waals surface area contributed by atoms with E-state index in [2.05, 4.69) is 14.9 Å². The summed E-state index contributed by atoms with van der Waals surface area (Å²) in [7, 11) is -3.66. The van der Waals surface area contributed by atoms with E-state index >= 15 is 0 Å². The minimum atomic E-state index is -3.66. The van der Waals surface area contributed by atoms with Gasteiger partial charge in [0.05, 0.1) is 11.1 Å². The molecule has 0 aliphatic heterocycles. The summed E-state index contributed by atoms with van der Waals surface area (Å²) < 4.78 is 24.6. The van der Waals surface area contributed by atoms with Crippen LogP contribution in [0.4, 0.5) is 0 Å². The zero-order chi connectivity index (χ0) is 17.2. The minimum Gasteiger partial charge on any atom is -0.358 e. The van der Waals surface area contributed by atoms with Crippen LogP contribution in [0, 0.1) is 6.92 Å². The van der Waals surface area contributed by atoms with Crippen molar-refractivity contribution < 1.29 is 8.42 Å². The minimum absolute atomic E-state index is 0.201. The molecule has 0 aliphatic rings. The maximum absolute atomic E-state index is 12.3. The summed E-state index contributed by atoms with van der Waals surface area (Å²) >= 11 is 0. The van der Waals surface area contributed by atoms with Crippen LogP contribution in [0.15, 0.2) is 58.5 Å². The number of benzene rings is 2. The highest BCUT2D eigenvalue weighted by Gasteiger charge is 2.12. The number of H-pyrrole nitrogens is 1. The van der Waals surface area contributed by atoms with E-state index in [9.17, 15) is 8.42 Å². The van der Waals surface area contributed by atoms with E-state index in [1.807, 2.05) is 50.2 Å². The normalized spacial score (nSPS) is 12.1. The van der Waals surface area contributed by atoms with E-state index in [1.54, 1.807) is 12.1 Å². The van der Waals surface area contributed by atoms with E-state index in [0.717, 1.165) is 34.1 Å². The maximum atomic E-state index is 12.3.